The topological polar surface area (TPSA) is 309 Å². The van der Waals surface area contributed by atoms with Gasteiger partial charge in [-0.3, -0.25) is 4.79 Å². The molecule has 6 aromatic rings. The maximum Gasteiger partial charge on any atom is 1.00 e. The molecule has 26 heteroatoms. The van der Waals surface area contributed by atoms with Crippen molar-refractivity contribution < 1.29 is 110 Å². The zero-order valence-corrected chi connectivity index (χ0v) is 36.9. The SMILES string of the molecule is CCOc1cc(N=Nc2cccc(S(=O)(=O)[O-])c2)ccc1N=Nc1ccc(N=Nc2c(OS(=O)[O-])cc3ccc(Nc4cccc(S(=O)(=O)[O-])c4)cc3c2O)cc1NC(C)=O.[Li+].[Li+].[Li+]. The Labute approximate surface area is 404 Å². The largest absolute Gasteiger partial charge is 1.00 e. The number of amides is 1. The number of carbonyl (C=O) groups is 1. The van der Waals surface area contributed by atoms with Crippen LogP contribution in [0.15, 0.2) is 150 Å². The average Bonchev–Trinajstić information content (AvgIpc) is 3.19. The van der Waals surface area contributed by atoms with E-state index in [4.69, 9.17) is 8.92 Å². The predicted molar refractivity (Wildman–Crippen MR) is 218 cm³/mol. The second kappa shape index (κ2) is 23.1. The first-order valence-electron chi connectivity index (χ1n) is 17.4. The number of carbonyl (C=O) groups excluding carboxylic acids is 1. The Morgan fingerprint density at radius 2 is 1.27 bits per heavy atom. The summed E-state index contributed by atoms with van der Waals surface area (Å²) in [4.78, 5) is 11.3. The van der Waals surface area contributed by atoms with E-state index in [1.54, 1.807) is 13.0 Å². The quantitative estimate of drug-likeness (QED) is 0.0525. The summed E-state index contributed by atoms with van der Waals surface area (Å²) in [6.45, 7) is 3.23. The third kappa shape index (κ3) is 14.1. The molecule has 0 aliphatic heterocycles. The number of anilines is 3. The zero-order valence-electron chi connectivity index (χ0n) is 34.4. The van der Waals surface area contributed by atoms with Gasteiger partial charge in [-0.25, -0.2) is 21.0 Å². The number of nitrogens with zero attached hydrogens (tertiary/aromatic N) is 6. The van der Waals surface area contributed by atoms with Crippen molar-refractivity contribution >= 4 is 99.5 Å². The van der Waals surface area contributed by atoms with Gasteiger partial charge in [-0.05, 0) is 97.2 Å². The van der Waals surface area contributed by atoms with Crippen LogP contribution < -0.4 is 76.1 Å². The van der Waals surface area contributed by atoms with Crippen LogP contribution in [0.5, 0.6) is 17.2 Å². The third-order valence-corrected chi connectivity index (χ3v) is 10.1. The second-order valence-corrected chi connectivity index (χ2v) is 15.8. The Kier molecular flexibility index (Phi) is 19.2. The summed E-state index contributed by atoms with van der Waals surface area (Å²) >= 11 is -3.08. The van der Waals surface area contributed by atoms with Crippen molar-refractivity contribution in [1.29, 1.82) is 0 Å². The minimum Gasteiger partial charge on any atom is -0.744 e. The Morgan fingerprint density at radius 1 is 0.688 bits per heavy atom. The molecular weight excluding hydrogens is 877 g/mol. The van der Waals surface area contributed by atoms with Gasteiger partial charge in [0.1, 0.15) is 48.7 Å². The van der Waals surface area contributed by atoms with E-state index in [9.17, 15) is 44.6 Å². The van der Waals surface area contributed by atoms with Gasteiger partial charge < -0.3 is 38.3 Å². The number of aromatic hydroxyl groups is 1. The van der Waals surface area contributed by atoms with Gasteiger partial charge >= 0.3 is 56.6 Å². The molecule has 6 rings (SSSR count). The summed E-state index contributed by atoms with van der Waals surface area (Å²) in [6.07, 6.45) is 0. The number of rotatable bonds is 15. The fourth-order valence-corrected chi connectivity index (χ4v) is 6.76. The summed E-state index contributed by atoms with van der Waals surface area (Å²) in [6, 6.07) is 25.0. The van der Waals surface area contributed by atoms with Crippen molar-refractivity contribution in [2.24, 2.45) is 30.7 Å². The van der Waals surface area contributed by atoms with Gasteiger partial charge in [0.15, 0.2) is 17.2 Å². The molecule has 0 bridgehead atoms. The molecule has 0 aromatic heterocycles. The minimum atomic E-state index is -4.73. The van der Waals surface area contributed by atoms with E-state index in [1.165, 1.54) is 85.8 Å². The molecule has 1 amide bonds. The summed E-state index contributed by atoms with van der Waals surface area (Å²) in [5.41, 5.74) is 1.35. The normalized spacial score (nSPS) is 12.0. The molecular formula is C38H29Li3N8O12S3. The molecule has 6 aromatic carbocycles. The number of ether oxygens (including phenoxy) is 1. The first-order chi connectivity index (χ1) is 29.0. The van der Waals surface area contributed by atoms with Gasteiger partial charge in [-0.2, -0.15) is 15.3 Å². The van der Waals surface area contributed by atoms with E-state index < -0.39 is 53.0 Å². The number of phenols is 1. The fraction of sp³-hybridized carbons (Fsp3) is 0.0789. The van der Waals surface area contributed by atoms with Crippen LogP contribution in [0.4, 0.5) is 51.2 Å². The predicted octanol–water partition coefficient (Wildman–Crippen LogP) is -0.115. The van der Waals surface area contributed by atoms with E-state index in [2.05, 4.69) is 41.3 Å². The van der Waals surface area contributed by atoms with Crippen LogP contribution in [0.2, 0.25) is 0 Å². The van der Waals surface area contributed by atoms with E-state index in [-0.39, 0.29) is 120 Å². The molecule has 1 atom stereocenters. The van der Waals surface area contributed by atoms with E-state index >= 15 is 0 Å². The van der Waals surface area contributed by atoms with E-state index in [0.29, 0.717) is 16.8 Å². The molecule has 20 nitrogen and oxygen atoms in total. The van der Waals surface area contributed by atoms with Crippen LogP contribution in [0.3, 0.4) is 0 Å². The number of benzene rings is 6. The van der Waals surface area contributed by atoms with Gasteiger partial charge in [-0.15, -0.1) is 15.3 Å². The molecule has 1 unspecified atom stereocenters. The van der Waals surface area contributed by atoms with Gasteiger partial charge in [0.05, 0.1) is 39.1 Å². The monoisotopic (exact) mass is 906 g/mol. The van der Waals surface area contributed by atoms with Crippen molar-refractivity contribution in [1.82, 2.24) is 0 Å². The van der Waals surface area contributed by atoms with Gasteiger partial charge in [0.25, 0.3) is 0 Å². The molecule has 314 valence electrons. The minimum absolute atomic E-state index is 0. The van der Waals surface area contributed by atoms with E-state index in [0.717, 1.165) is 24.3 Å². The van der Waals surface area contributed by atoms with Gasteiger partial charge in [0.2, 0.25) is 5.91 Å². The van der Waals surface area contributed by atoms with Crippen LogP contribution >= 0.6 is 0 Å². The fourth-order valence-electron chi connectivity index (χ4n) is 5.46. The summed E-state index contributed by atoms with van der Waals surface area (Å²) < 4.78 is 102. The molecule has 64 heavy (non-hydrogen) atoms. The van der Waals surface area contributed by atoms with Gasteiger partial charge in [0, 0.05) is 29.8 Å². The first-order valence-corrected chi connectivity index (χ1v) is 21.2. The van der Waals surface area contributed by atoms with Crippen LogP contribution in [0.1, 0.15) is 13.8 Å². The Balaban J connectivity index is 0.00000363. The molecule has 0 aliphatic carbocycles. The summed E-state index contributed by atoms with van der Waals surface area (Å²) in [5, 5.41) is 42.3. The van der Waals surface area contributed by atoms with Crippen LogP contribution in [0, 0.1) is 0 Å². The number of hydrogen-bond acceptors (Lipinski definition) is 19. The Hall–Kier alpha value is -5.23. The Morgan fingerprint density at radius 3 is 1.91 bits per heavy atom. The molecule has 0 saturated carbocycles. The average molecular weight is 907 g/mol. The maximum atomic E-state index is 12.2. The zero-order chi connectivity index (χ0) is 43.9. The van der Waals surface area contributed by atoms with Crippen molar-refractivity contribution in [2.45, 2.75) is 23.6 Å². The third-order valence-electron chi connectivity index (χ3n) is 8.07. The molecule has 3 N–H and O–H groups in total. The molecule has 0 saturated heterocycles. The van der Waals surface area contributed by atoms with Crippen molar-refractivity contribution in [3.05, 3.63) is 109 Å². The standard InChI is InChI=1S/C38H32N8O12S3.3Li/c1-3-57-35-21-28(42-41-26-7-5-9-30(18-26)61(54,55)56)13-15-33(35)45-44-32-14-12-27(20-34(32)39-22(2)47)43-46-37-36(58-59(49)50)16-23-10-11-25(19-31(23)38(37)48)40-24-6-4-8-29(17-24)60(51,52)53;;;/h4-21,40,48H,3H2,1-2H3,(H,39,47)(H,49,50)(H,51,52,53)(H,54,55,56);;;/q;3*+1/p-3. The molecule has 0 radical (unpaired) electrons. The van der Waals surface area contributed by atoms with Crippen LogP contribution in [0.25, 0.3) is 10.8 Å². The van der Waals surface area contributed by atoms with Crippen molar-refractivity contribution in [3.63, 3.8) is 0 Å². The number of hydrogen-bond donors (Lipinski definition) is 3. The molecule has 0 heterocycles. The smallest absolute Gasteiger partial charge is 0.744 e. The molecule has 0 fully saturated rings. The van der Waals surface area contributed by atoms with E-state index in [1.807, 2.05) is 0 Å². The van der Waals surface area contributed by atoms with Crippen LogP contribution in [-0.2, 0) is 36.4 Å². The number of nitrogens with one attached hydrogen (secondary N) is 2. The summed E-state index contributed by atoms with van der Waals surface area (Å²) in [5.74, 6) is -1.12. The van der Waals surface area contributed by atoms with Crippen molar-refractivity contribution in [3.8, 4) is 17.2 Å². The number of fused-ring (bicyclic) bond motifs is 1. The van der Waals surface area contributed by atoms with Gasteiger partial charge in [-0.1, -0.05) is 18.2 Å². The van der Waals surface area contributed by atoms with Crippen LogP contribution in [-0.4, -0.2) is 52.3 Å². The Bertz CT molecular complexity index is 3040. The maximum absolute atomic E-state index is 12.2. The molecule has 0 aliphatic rings. The summed E-state index contributed by atoms with van der Waals surface area (Å²) in [7, 11) is -9.42. The van der Waals surface area contributed by atoms with Crippen molar-refractivity contribution in [2.75, 3.05) is 17.2 Å². The molecule has 0 spiro atoms. The second-order valence-electron chi connectivity index (χ2n) is 12.4. The number of phenolic OH excluding ortho intramolecular Hbond substituents is 1. The first kappa shape index (κ1) is 53.1. The number of azo groups is 3.